The molecular formula is C17H17N7O5. The average molecular weight is 399 g/mol. The van der Waals surface area contributed by atoms with E-state index in [1.54, 1.807) is 12.1 Å². The number of fused-ring (bicyclic) bond motifs is 1. The van der Waals surface area contributed by atoms with Crippen LogP contribution in [0.15, 0.2) is 30.6 Å². The van der Waals surface area contributed by atoms with E-state index in [0.29, 0.717) is 22.7 Å². The number of carbonyl (C=O) groups excluding carboxylic acids is 1. The number of nitrogens with one attached hydrogen (secondary N) is 3. The van der Waals surface area contributed by atoms with Crippen LogP contribution < -0.4 is 16.4 Å². The number of aliphatic carboxylic acids is 2. The van der Waals surface area contributed by atoms with E-state index in [4.69, 9.17) is 15.9 Å². The second-order valence-electron chi connectivity index (χ2n) is 6.03. The molecule has 12 heteroatoms. The number of anilines is 3. The number of nitrogens with two attached hydrogens (primary N) is 1. The molecule has 0 fully saturated rings. The van der Waals surface area contributed by atoms with Crippen LogP contribution in [0.2, 0.25) is 0 Å². The molecule has 12 nitrogen and oxygen atoms in total. The number of nitrogen functional groups attached to an aromatic ring is 1. The zero-order valence-corrected chi connectivity index (χ0v) is 14.9. The Balaban J connectivity index is 1.70. The summed E-state index contributed by atoms with van der Waals surface area (Å²) in [7, 11) is 0. The van der Waals surface area contributed by atoms with E-state index >= 15 is 0 Å². The van der Waals surface area contributed by atoms with Crippen molar-refractivity contribution in [1.29, 1.82) is 0 Å². The van der Waals surface area contributed by atoms with Crippen molar-refractivity contribution in [2.24, 2.45) is 0 Å². The molecule has 1 aromatic carbocycles. The van der Waals surface area contributed by atoms with Gasteiger partial charge in [-0.15, -0.1) is 0 Å². The lowest BCUT2D eigenvalue weighted by Crippen LogP contribution is -2.41. The van der Waals surface area contributed by atoms with Crippen LogP contribution in [0.3, 0.4) is 0 Å². The molecule has 3 aromatic rings. The normalized spacial score (nSPS) is 11.7. The molecule has 1 amide bonds. The molecule has 3 rings (SSSR count). The molecule has 0 radical (unpaired) electrons. The van der Waals surface area contributed by atoms with Gasteiger partial charge in [-0.3, -0.25) is 9.59 Å². The summed E-state index contributed by atoms with van der Waals surface area (Å²) in [6.45, 7) is 0. The number of carboxylic acid groups (broad SMARTS) is 2. The number of carboxylic acids is 2. The summed E-state index contributed by atoms with van der Waals surface area (Å²) >= 11 is 0. The minimum absolute atomic E-state index is 0.0455. The van der Waals surface area contributed by atoms with Gasteiger partial charge in [-0.2, -0.15) is 9.97 Å². The Hall–Kier alpha value is -4.22. The lowest BCUT2D eigenvalue weighted by Gasteiger charge is -2.14. The molecule has 0 unspecified atom stereocenters. The molecule has 2 heterocycles. The SMILES string of the molecule is Nc1nc(Nc2ccc(C(=O)N[C@@H](CCC(=O)O)C(=O)O)cc2)c2[nH]cnc2n1. The Kier molecular flexibility index (Phi) is 5.53. The first kappa shape index (κ1) is 19.5. The van der Waals surface area contributed by atoms with E-state index < -0.39 is 23.9 Å². The van der Waals surface area contributed by atoms with Crippen molar-refractivity contribution in [3.8, 4) is 0 Å². The highest BCUT2D eigenvalue weighted by Crippen LogP contribution is 2.22. The summed E-state index contributed by atoms with van der Waals surface area (Å²) in [5, 5.41) is 23.2. The van der Waals surface area contributed by atoms with Gasteiger partial charge < -0.3 is 31.6 Å². The molecule has 0 saturated heterocycles. The third-order valence-corrected chi connectivity index (χ3v) is 3.96. The molecule has 0 spiro atoms. The molecule has 1 atom stereocenters. The zero-order chi connectivity index (χ0) is 21.0. The van der Waals surface area contributed by atoms with Crippen molar-refractivity contribution in [2.45, 2.75) is 18.9 Å². The molecule has 2 aromatic heterocycles. The zero-order valence-electron chi connectivity index (χ0n) is 14.9. The first-order valence-corrected chi connectivity index (χ1v) is 8.42. The summed E-state index contributed by atoms with van der Waals surface area (Å²) in [6.07, 6.45) is 0.871. The topological polar surface area (TPSA) is 196 Å². The molecule has 0 saturated carbocycles. The van der Waals surface area contributed by atoms with Gasteiger partial charge in [0.1, 0.15) is 11.6 Å². The Bertz CT molecular complexity index is 1060. The first-order valence-electron chi connectivity index (χ1n) is 8.42. The quantitative estimate of drug-likeness (QED) is 0.314. The Labute approximate surface area is 163 Å². The third-order valence-electron chi connectivity index (χ3n) is 3.96. The number of amides is 1. The number of hydrogen-bond donors (Lipinski definition) is 6. The second kappa shape index (κ2) is 8.21. The highest BCUT2D eigenvalue weighted by atomic mass is 16.4. The van der Waals surface area contributed by atoms with E-state index in [9.17, 15) is 14.4 Å². The van der Waals surface area contributed by atoms with Crippen molar-refractivity contribution in [2.75, 3.05) is 11.1 Å². The van der Waals surface area contributed by atoms with Crippen LogP contribution in [0.4, 0.5) is 17.5 Å². The van der Waals surface area contributed by atoms with Crippen molar-refractivity contribution in [3.63, 3.8) is 0 Å². The summed E-state index contributed by atoms with van der Waals surface area (Å²) in [5.41, 5.74) is 7.43. The van der Waals surface area contributed by atoms with Crippen molar-refractivity contribution in [3.05, 3.63) is 36.2 Å². The molecule has 0 aliphatic heterocycles. The van der Waals surface area contributed by atoms with Crippen molar-refractivity contribution in [1.82, 2.24) is 25.3 Å². The number of imidazole rings is 1. The standard InChI is InChI=1S/C17H17N7O5/c18-17-23-13-12(19-7-20-13)14(24-17)21-9-3-1-8(2-4-9)15(27)22-10(16(28)29)5-6-11(25)26/h1-4,7,10H,5-6H2,(H,22,27)(H,25,26)(H,28,29)(H4,18,19,20,21,23,24)/t10-/m0/s1. The fourth-order valence-electron chi connectivity index (χ4n) is 2.55. The summed E-state index contributed by atoms with van der Waals surface area (Å²) in [4.78, 5) is 49.1. The largest absolute Gasteiger partial charge is 0.481 e. The minimum Gasteiger partial charge on any atom is -0.481 e. The molecule has 0 bridgehead atoms. The summed E-state index contributed by atoms with van der Waals surface area (Å²) in [6, 6.07) is 4.88. The van der Waals surface area contributed by atoms with Crippen LogP contribution in [0.5, 0.6) is 0 Å². The maximum absolute atomic E-state index is 12.3. The molecule has 29 heavy (non-hydrogen) atoms. The molecule has 0 aliphatic rings. The molecule has 7 N–H and O–H groups in total. The minimum atomic E-state index is -1.30. The molecular weight excluding hydrogens is 382 g/mol. The maximum atomic E-state index is 12.3. The van der Waals surface area contributed by atoms with Gasteiger partial charge in [0.25, 0.3) is 5.91 Å². The summed E-state index contributed by atoms with van der Waals surface area (Å²) < 4.78 is 0. The predicted octanol–water partition coefficient (Wildman–Crippen LogP) is 0.726. The maximum Gasteiger partial charge on any atom is 0.326 e. The number of aromatic nitrogens is 4. The van der Waals surface area contributed by atoms with E-state index in [0.717, 1.165) is 0 Å². The van der Waals surface area contributed by atoms with Crippen LogP contribution in [-0.2, 0) is 9.59 Å². The highest BCUT2D eigenvalue weighted by Gasteiger charge is 2.21. The van der Waals surface area contributed by atoms with Gasteiger partial charge in [0, 0.05) is 17.7 Å². The summed E-state index contributed by atoms with van der Waals surface area (Å²) in [5.74, 6) is -2.62. The lowest BCUT2D eigenvalue weighted by molar-refractivity contribution is -0.140. The Morgan fingerprint density at radius 2 is 1.86 bits per heavy atom. The Morgan fingerprint density at radius 1 is 1.14 bits per heavy atom. The lowest BCUT2D eigenvalue weighted by atomic mass is 10.1. The van der Waals surface area contributed by atoms with Gasteiger partial charge in [-0.1, -0.05) is 0 Å². The van der Waals surface area contributed by atoms with E-state index in [1.807, 2.05) is 0 Å². The van der Waals surface area contributed by atoms with Gasteiger partial charge in [0.2, 0.25) is 5.95 Å². The number of H-pyrrole nitrogens is 1. The van der Waals surface area contributed by atoms with Crippen LogP contribution >= 0.6 is 0 Å². The average Bonchev–Trinajstić information content (AvgIpc) is 3.13. The molecule has 0 aliphatic carbocycles. The number of carbonyl (C=O) groups is 3. The van der Waals surface area contributed by atoms with E-state index in [-0.39, 0.29) is 24.4 Å². The van der Waals surface area contributed by atoms with Gasteiger partial charge in [-0.05, 0) is 30.7 Å². The molecule has 150 valence electrons. The van der Waals surface area contributed by atoms with Gasteiger partial charge in [-0.25, -0.2) is 9.78 Å². The monoisotopic (exact) mass is 399 g/mol. The predicted molar refractivity (Wildman–Crippen MR) is 102 cm³/mol. The first-order chi connectivity index (χ1) is 13.8. The fraction of sp³-hybridized carbons (Fsp3) is 0.176. The number of benzene rings is 1. The van der Waals surface area contributed by atoms with Crippen LogP contribution in [0, 0.1) is 0 Å². The smallest absolute Gasteiger partial charge is 0.326 e. The number of hydrogen-bond acceptors (Lipinski definition) is 8. The van der Waals surface area contributed by atoms with Crippen molar-refractivity contribution >= 4 is 46.5 Å². The fourth-order valence-corrected chi connectivity index (χ4v) is 2.55. The highest BCUT2D eigenvalue weighted by molar-refractivity contribution is 5.97. The number of nitrogens with zero attached hydrogens (tertiary/aromatic N) is 3. The van der Waals surface area contributed by atoms with Crippen molar-refractivity contribution < 1.29 is 24.6 Å². The third kappa shape index (κ3) is 4.74. The Morgan fingerprint density at radius 3 is 2.52 bits per heavy atom. The number of aromatic amines is 1. The van der Waals surface area contributed by atoms with Crippen LogP contribution in [-0.4, -0.2) is 54.0 Å². The van der Waals surface area contributed by atoms with E-state index in [2.05, 4.69) is 30.6 Å². The van der Waals surface area contributed by atoms with Crippen LogP contribution in [0.1, 0.15) is 23.2 Å². The van der Waals surface area contributed by atoms with Gasteiger partial charge >= 0.3 is 11.9 Å². The second-order valence-corrected chi connectivity index (χ2v) is 6.03. The van der Waals surface area contributed by atoms with Crippen LogP contribution in [0.25, 0.3) is 11.2 Å². The van der Waals surface area contributed by atoms with Gasteiger partial charge in [0.15, 0.2) is 11.5 Å². The number of rotatable bonds is 8. The van der Waals surface area contributed by atoms with Gasteiger partial charge in [0.05, 0.1) is 6.33 Å². The van der Waals surface area contributed by atoms with E-state index in [1.165, 1.54) is 18.5 Å².